The Kier molecular flexibility index (Phi) is 13.7. The second-order valence-corrected chi connectivity index (χ2v) is 25.6. The van der Waals surface area contributed by atoms with E-state index in [1.807, 2.05) is 20.8 Å². The Morgan fingerprint density at radius 1 is 0.581 bits per heavy atom. The van der Waals surface area contributed by atoms with Crippen molar-refractivity contribution in [2.24, 2.45) is 17.8 Å². The van der Waals surface area contributed by atoms with E-state index < -0.39 is 58.6 Å². The SMILES string of the molecule is CC(=O)N1CCC2CN(S(=O)(=O)c3cccc4cncc(F)c34)C(C)C21.CC1C2NCCC2CN1S(=O)(=O)c1cccc2c(=O)[nH]cc(F)c12.CC1C2NCCC2CN1S(=O)(=O)c1cccc2c(=O)[nH]cc(F)c12. The summed E-state index contributed by atoms with van der Waals surface area (Å²) in [5.74, 6) is -1.51. The molecule has 4 N–H and O–H groups in total. The van der Waals surface area contributed by atoms with Crippen molar-refractivity contribution in [1.82, 2.24) is 43.4 Å². The molecule has 9 atom stereocenters. The number of nitrogens with one attached hydrogen (secondary N) is 4. The molecule has 0 radical (unpaired) electrons. The molecule has 6 aliphatic heterocycles. The van der Waals surface area contributed by atoms with Gasteiger partial charge in [-0.3, -0.25) is 19.4 Å². The van der Waals surface area contributed by atoms with Crippen LogP contribution in [-0.2, 0) is 34.9 Å². The van der Waals surface area contributed by atoms with Crippen LogP contribution in [0.3, 0.4) is 0 Å². The van der Waals surface area contributed by atoms with Gasteiger partial charge in [-0.1, -0.05) is 24.3 Å². The smallest absolute Gasteiger partial charge is 0.256 e. The Labute approximate surface area is 425 Å². The second kappa shape index (κ2) is 19.5. The van der Waals surface area contributed by atoms with Crippen LogP contribution in [-0.4, -0.2) is 139 Å². The van der Waals surface area contributed by atoms with Gasteiger partial charge in [-0.05, 0) is 101 Å². The maximum Gasteiger partial charge on any atom is 0.256 e. The normalized spacial score (nSPS) is 27.2. The molecular weight excluding hydrogens is 1020 g/mol. The summed E-state index contributed by atoms with van der Waals surface area (Å²) in [6.45, 7) is 10.7. The molecule has 24 heteroatoms. The van der Waals surface area contributed by atoms with Crippen LogP contribution in [0.5, 0.6) is 0 Å². The number of likely N-dealkylation sites (tertiary alicyclic amines) is 1. The Morgan fingerprint density at radius 2 is 1.03 bits per heavy atom. The van der Waals surface area contributed by atoms with Gasteiger partial charge in [0.25, 0.3) is 11.1 Å². The number of sulfonamides is 3. The van der Waals surface area contributed by atoms with Crippen LogP contribution in [0, 0.1) is 35.2 Å². The number of halogens is 3. The van der Waals surface area contributed by atoms with Crippen molar-refractivity contribution in [1.29, 1.82) is 0 Å². The summed E-state index contributed by atoms with van der Waals surface area (Å²) in [5.41, 5.74) is -1.01. The van der Waals surface area contributed by atoms with Crippen molar-refractivity contribution in [3.63, 3.8) is 0 Å². The number of carbonyl (C=O) groups is 1. The Hall–Kier alpha value is -5.60. The van der Waals surface area contributed by atoms with Crippen molar-refractivity contribution in [2.75, 3.05) is 39.3 Å². The van der Waals surface area contributed by atoms with Crippen LogP contribution >= 0.6 is 0 Å². The number of fused-ring (bicyclic) bond motifs is 6. The van der Waals surface area contributed by atoms with E-state index in [-0.39, 0.29) is 102 Å². The monoisotopic (exact) mass is 1080 g/mol. The van der Waals surface area contributed by atoms with E-state index in [0.717, 1.165) is 50.9 Å². The fourth-order valence-electron chi connectivity index (χ4n) is 12.5. The van der Waals surface area contributed by atoms with Gasteiger partial charge in [0.15, 0.2) is 5.82 Å². The number of amides is 1. The van der Waals surface area contributed by atoms with Gasteiger partial charge in [0, 0.05) is 103 Å². The largest absolute Gasteiger partial charge is 0.338 e. The Morgan fingerprint density at radius 3 is 1.50 bits per heavy atom. The molecule has 0 spiro atoms. The van der Waals surface area contributed by atoms with Gasteiger partial charge in [0.2, 0.25) is 36.0 Å². The van der Waals surface area contributed by atoms with Crippen LogP contribution in [0.1, 0.15) is 47.0 Å². The second-order valence-electron chi connectivity index (χ2n) is 20.0. The molecule has 9 heterocycles. The Balaban J connectivity index is 0.000000127. The van der Waals surface area contributed by atoms with Crippen molar-refractivity contribution in [3.05, 3.63) is 118 Å². The van der Waals surface area contributed by atoms with Gasteiger partial charge >= 0.3 is 0 Å². The molecule has 6 aromatic rings. The number of aromatic nitrogens is 3. The summed E-state index contributed by atoms with van der Waals surface area (Å²) in [7, 11) is -11.7. The predicted octanol–water partition coefficient (Wildman–Crippen LogP) is 4.08. The van der Waals surface area contributed by atoms with Gasteiger partial charge in [-0.2, -0.15) is 12.9 Å². The third kappa shape index (κ3) is 8.63. The quantitative estimate of drug-likeness (QED) is 0.185. The highest BCUT2D eigenvalue weighted by molar-refractivity contribution is 7.90. The van der Waals surface area contributed by atoms with Crippen molar-refractivity contribution < 1.29 is 43.2 Å². The van der Waals surface area contributed by atoms with Gasteiger partial charge in [-0.15, -0.1) is 0 Å². The highest BCUT2D eigenvalue weighted by atomic mass is 32.2. The van der Waals surface area contributed by atoms with Gasteiger partial charge in [-0.25, -0.2) is 38.4 Å². The lowest BCUT2D eigenvalue weighted by molar-refractivity contribution is -0.130. The Bertz CT molecular complexity index is 3530. The van der Waals surface area contributed by atoms with E-state index in [0.29, 0.717) is 31.6 Å². The summed E-state index contributed by atoms with van der Waals surface area (Å²) >= 11 is 0. The summed E-state index contributed by atoms with van der Waals surface area (Å²) < 4.78 is 127. The fraction of sp³-hybridized carbons (Fsp3) is 0.440. The highest BCUT2D eigenvalue weighted by Gasteiger charge is 2.52. The number of carbonyl (C=O) groups excluding carboxylic acids is 1. The molecule has 0 bridgehead atoms. The molecule has 18 nitrogen and oxygen atoms in total. The number of rotatable bonds is 6. The minimum atomic E-state index is -3.90. The van der Waals surface area contributed by atoms with E-state index in [2.05, 4.69) is 25.6 Å². The van der Waals surface area contributed by atoms with E-state index in [1.54, 1.807) is 17.0 Å². The van der Waals surface area contributed by atoms with Crippen molar-refractivity contribution in [3.8, 4) is 0 Å². The average Bonchev–Trinajstić information content (AvgIpc) is 4.25. The minimum Gasteiger partial charge on any atom is -0.338 e. The first-order chi connectivity index (χ1) is 35.1. The van der Waals surface area contributed by atoms with Gasteiger partial charge in [0.05, 0.1) is 37.7 Å². The molecule has 6 saturated heterocycles. The first-order valence-electron chi connectivity index (χ1n) is 24.6. The zero-order valence-corrected chi connectivity index (χ0v) is 43.3. The zero-order chi connectivity index (χ0) is 52.8. The number of pyridine rings is 3. The maximum atomic E-state index is 14.4. The number of hydrogen-bond donors (Lipinski definition) is 4. The van der Waals surface area contributed by atoms with Crippen LogP contribution in [0.15, 0.2) is 104 Å². The van der Waals surface area contributed by atoms with E-state index in [9.17, 15) is 52.8 Å². The molecule has 1 amide bonds. The number of aromatic amines is 2. The van der Waals surface area contributed by atoms with Crippen LogP contribution in [0.25, 0.3) is 32.3 Å². The van der Waals surface area contributed by atoms with Crippen molar-refractivity contribution in [2.45, 2.75) is 97.9 Å². The van der Waals surface area contributed by atoms with E-state index >= 15 is 0 Å². The lowest BCUT2D eigenvalue weighted by Gasteiger charge is -2.30. The third-order valence-corrected chi connectivity index (χ3v) is 22.1. The molecule has 3 aromatic carbocycles. The summed E-state index contributed by atoms with van der Waals surface area (Å²) in [5, 5.41) is 7.01. The minimum absolute atomic E-state index is 0.0362. The molecule has 6 aliphatic rings. The first kappa shape index (κ1) is 51.9. The molecule has 394 valence electrons. The first-order valence-corrected chi connectivity index (χ1v) is 28.9. The fourth-order valence-corrected chi connectivity index (χ4v) is 18.3. The summed E-state index contributed by atoms with van der Waals surface area (Å²) in [4.78, 5) is 45.5. The summed E-state index contributed by atoms with van der Waals surface area (Å²) in [6.07, 6.45) is 6.96. The topological polar surface area (TPSA) is 235 Å². The molecule has 3 aromatic heterocycles. The number of H-pyrrole nitrogens is 2. The van der Waals surface area contributed by atoms with Crippen LogP contribution in [0.4, 0.5) is 13.2 Å². The summed E-state index contributed by atoms with van der Waals surface area (Å²) in [6, 6.07) is 12.6. The molecule has 9 unspecified atom stereocenters. The van der Waals surface area contributed by atoms with E-state index in [1.165, 1.54) is 68.5 Å². The standard InChI is InChI=1S/C18H20FN3O3S.2C16H18FN3O3S/c1-11-18-14(6-7-21(18)12(2)23)10-22(11)26(24,25)16-5-3-4-13-8-20-9-15(19)17(13)16;2*1-9-15-10(5-6-18-15)8-20(9)24(22,23)13-4-2-3-11-14(13)12(17)7-19-16(11)21/h3-5,8-9,11,14,18H,6-7,10H2,1-2H3;2*2-4,7,9-10,15,18H,5-6,8H2,1H3,(H,19,21). The highest BCUT2D eigenvalue weighted by Crippen LogP contribution is 2.41. The van der Waals surface area contributed by atoms with Crippen molar-refractivity contribution >= 4 is 68.3 Å². The number of nitrogens with zero attached hydrogens (tertiary/aromatic N) is 5. The zero-order valence-electron chi connectivity index (χ0n) is 40.8. The van der Waals surface area contributed by atoms with Crippen LogP contribution < -0.4 is 21.8 Å². The lowest BCUT2D eigenvalue weighted by Crippen LogP contribution is -2.45. The predicted molar refractivity (Wildman–Crippen MR) is 270 cm³/mol. The molecule has 6 fully saturated rings. The maximum absolute atomic E-state index is 14.4. The van der Waals surface area contributed by atoms with Gasteiger partial charge in [0.1, 0.15) is 11.6 Å². The molecule has 12 rings (SSSR count). The van der Waals surface area contributed by atoms with E-state index in [4.69, 9.17) is 0 Å². The average molecular weight is 1080 g/mol. The molecule has 0 aliphatic carbocycles. The lowest BCUT2D eigenvalue weighted by atomic mass is 10.0. The molecule has 74 heavy (non-hydrogen) atoms. The molecule has 0 saturated carbocycles. The molecular formula is C50H56F3N9O9S3. The third-order valence-electron chi connectivity index (χ3n) is 16.1. The number of hydrogen-bond acceptors (Lipinski definition) is 12. The number of benzene rings is 3. The van der Waals surface area contributed by atoms with Crippen LogP contribution in [0.2, 0.25) is 0 Å². The van der Waals surface area contributed by atoms with Gasteiger partial charge < -0.3 is 25.5 Å².